The third-order valence-electron chi connectivity index (χ3n) is 4.23. The fraction of sp³-hybridized carbons (Fsp3) is 0.389. The van der Waals surface area contributed by atoms with Crippen molar-refractivity contribution in [2.24, 2.45) is 0 Å². The first kappa shape index (κ1) is 18.6. The van der Waals surface area contributed by atoms with E-state index in [0.29, 0.717) is 11.1 Å². The van der Waals surface area contributed by atoms with E-state index in [0.717, 1.165) is 42.4 Å². The molecule has 2 aromatic rings. The molecule has 2 nitrogen and oxygen atoms in total. The summed E-state index contributed by atoms with van der Waals surface area (Å²) in [5.41, 5.74) is -0.715. The van der Waals surface area contributed by atoms with Crippen molar-refractivity contribution < 1.29 is 13.2 Å². The molecule has 25 heavy (non-hydrogen) atoms. The molecule has 0 radical (unpaired) electrons. The first-order valence-electron chi connectivity index (χ1n) is 8.12. The lowest BCUT2D eigenvalue weighted by Crippen LogP contribution is -2.27. The Morgan fingerprint density at radius 3 is 2.24 bits per heavy atom. The van der Waals surface area contributed by atoms with Crippen molar-refractivity contribution in [1.82, 2.24) is 4.98 Å². The standard InChI is InChI=1S/C18H18BrF3N2S/c19-13-2-6-15(7-3-13)25-16-8-4-14(5-9-16)24-17-10-1-12(11-23-17)18(20,21)22/h1-3,6-7,10-11,14,16H,4-5,8-9H2,(H,23,24)/t14-,16-. The van der Waals surface area contributed by atoms with E-state index < -0.39 is 11.7 Å². The number of nitrogens with one attached hydrogen (secondary N) is 1. The maximum Gasteiger partial charge on any atom is 0.417 e. The van der Waals surface area contributed by atoms with Crippen LogP contribution in [0, 0.1) is 0 Å². The molecule has 1 aromatic carbocycles. The fourth-order valence-electron chi connectivity index (χ4n) is 2.89. The normalized spacial score (nSPS) is 21.1. The van der Waals surface area contributed by atoms with E-state index in [-0.39, 0.29) is 6.04 Å². The van der Waals surface area contributed by atoms with Crippen molar-refractivity contribution in [2.75, 3.05) is 5.32 Å². The SMILES string of the molecule is FC(F)(F)c1ccc(N[C@H]2CC[C@H](Sc3ccc(Br)cc3)CC2)nc1. The predicted molar refractivity (Wildman–Crippen MR) is 98.9 cm³/mol. The molecular weight excluding hydrogens is 413 g/mol. The summed E-state index contributed by atoms with van der Waals surface area (Å²) >= 11 is 5.34. The highest BCUT2D eigenvalue weighted by Gasteiger charge is 2.30. The molecule has 1 aliphatic rings. The van der Waals surface area contributed by atoms with Gasteiger partial charge in [0.1, 0.15) is 5.82 Å². The Morgan fingerprint density at radius 2 is 1.68 bits per heavy atom. The van der Waals surface area contributed by atoms with Gasteiger partial charge in [-0.25, -0.2) is 4.98 Å². The summed E-state index contributed by atoms with van der Waals surface area (Å²) in [6.45, 7) is 0. The van der Waals surface area contributed by atoms with Crippen molar-refractivity contribution in [3.8, 4) is 0 Å². The number of pyridine rings is 1. The highest BCUT2D eigenvalue weighted by molar-refractivity contribution is 9.10. The lowest BCUT2D eigenvalue weighted by atomic mass is 9.95. The average Bonchev–Trinajstić information content (AvgIpc) is 2.58. The maximum atomic E-state index is 12.6. The Hall–Kier alpha value is -1.21. The molecule has 1 saturated carbocycles. The Kier molecular flexibility index (Phi) is 5.94. The van der Waals surface area contributed by atoms with Gasteiger partial charge in [-0.2, -0.15) is 13.2 Å². The number of benzene rings is 1. The van der Waals surface area contributed by atoms with Crippen molar-refractivity contribution in [3.63, 3.8) is 0 Å². The van der Waals surface area contributed by atoms with Crippen LogP contribution in [0.25, 0.3) is 0 Å². The molecule has 1 aromatic heterocycles. The zero-order chi connectivity index (χ0) is 17.9. The van der Waals surface area contributed by atoms with Gasteiger partial charge in [-0.1, -0.05) is 15.9 Å². The quantitative estimate of drug-likeness (QED) is 0.608. The third kappa shape index (κ3) is 5.38. The predicted octanol–water partition coefficient (Wildman–Crippen LogP) is 6.38. The van der Waals surface area contributed by atoms with Gasteiger partial charge in [0.15, 0.2) is 0 Å². The van der Waals surface area contributed by atoms with Crippen LogP contribution < -0.4 is 5.32 Å². The Labute approximate surface area is 157 Å². The van der Waals surface area contributed by atoms with Gasteiger partial charge in [0, 0.05) is 26.9 Å². The van der Waals surface area contributed by atoms with Gasteiger partial charge in [0.05, 0.1) is 5.56 Å². The first-order valence-corrected chi connectivity index (χ1v) is 9.79. The smallest absolute Gasteiger partial charge is 0.367 e. The van der Waals surface area contributed by atoms with E-state index >= 15 is 0 Å². The molecule has 0 amide bonds. The molecule has 1 fully saturated rings. The molecule has 0 spiro atoms. The minimum atomic E-state index is -4.34. The molecule has 0 atom stereocenters. The monoisotopic (exact) mass is 430 g/mol. The zero-order valence-corrected chi connectivity index (χ0v) is 15.8. The number of halogens is 4. The van der Waals surface area contributed by atoms with E-state index in [1.807, 2.05) is 23.9 Å². The molecular formula is C18H18BrF3N2S. The second kappa shape index (κ2) is 7.99. The number of alkyl halides is 3. The molecule has 7 heteroatoms. The van der Waals surface area contributed by atoms with Gasteiger partial charge < -0.3 is 5.32 Å². The Balaban J connectivity index is 1.48. The van der Waals surface area contributed by atoms with Crippen LogP contribution >= 0.6 is 27.7 Å². The molecule has 0 unspecified atom stereocenters. The van der Waals surface area contributed by atoms with Gasteiger partial charge in [0.25, 0.3) is 0 Å². The number of hydrogen-bond acceptors (Lipinski definition) is 3. The van der Waals surface area contributed by atoms with Crippen LogP contribution in [-0.4, -0.2) is 16.3 Å². The molecule has 3 rings (SSSR count). The molecule has 1 N–H and O–H groups in total. The van der Waals surface area contributed by atoms with E-state index in [9.17, 15) is 13.2 Å². The summed E-state index contributed by atoms with van der Waals surface area (Å²) in [6.07, 6.45) is 0.705. The van der Waals surface area contributed by atoms with E-state index in [4.69, 9.17) is 0 Å². The maximum absolute atomic E-state index is 12.6. The molecule has 0 bridgehead atoms. The van der Waals surface area contributed by atoms with Crippen LogP contribution in [-0.2, 0) is 6.18 Å². The number of anilines is 1. The van der Waals surface area contributed by atoms with Crippen LogP contribution in [0.4, 0.5) is 19.0 Å². The lowest BCUT2D eigenvalue weighted by molar-refractivity contribution is -0.137. The second-order valence-electron chi connectivity index (χ2n) is 6.12. The molecule has 1 heterocycles. The molecule has 0 saturated heterocycles. The topological polar surface area (TPSA) is 24.9 Å². The van der Waals surface area contributed by atoms with Gasteiger partial charge >= 0.3 is 6.18 Å². The molecule has 0 aliphatic heterocycles. The van der Waals surface area contributed by atoms with Gasteiger partial charge in [0.2, 0.25) is 0 Å². The van der Waals surface area contributed by atoms with Crippen molar-refractivity contribution in [3.05, 3.63) is 52.6 Å². The Morgan fingerprint density at radius 1 is 1.00 bits per heavy atom. The van der Waals surface area contributed by atoms with Crippen LogP contribution in [0.2, 0.25) is 0 Å². The van der Waals surface area contributed by atoms with Crippen molar-refractivity contribution >= 4 is 33.5 Å². The van der Waals surface area contributed by atoms with Crippen LogP contribution in [0.1, 0.15) is 31.2 Å². The summed E-state index contributed by atoms with van der Waals surface area (Å²) in [5, 5.41) is 3.84. The largest absolute Gasteiger partial charge is 0.417 e. The summed E-state index contributed by atoms with van der Waals surface area (Å²) in [7, 11) is 0. The second-order valence-corrected chi connectivity index (χ2v) is 8.41. The minimum Gasteiger partial charge on any atom is -0.367 e. The van der Waals surface area contributed by atoms with Gasteiger partial charge in [-0.05, 0) is 62.1 Å². The lowest BCUT2D eigenvalue weighted by Gasteiger charge is -2.29. The fourth-order valence-corrected chi connectivity index (χ4v) is 4.34. The Bertz CT molecular complexity index is 681. The summed E-state index contributed by atoms with van der Waals surface area (Å²) in [6, 6.07) is 11.1. The van der Waals surface area contributed by atoms with Crippen molar-refractivity contribution in [2.45, 2.75) is 48.0 Å². The zero-order valence-electron chi connectivity index (χ0n) is 13.4. The summed E-state index contributed by atoms with van der Waals surface area (Å²) in [4.78, 5) is 5.16. The average molecular weight is 431 g/mol. The number of rotatable bonds is 4. The van der Waals surface area contributed by atoms with E-state index in [2.05, 4.69) is 38.4 Å². The van der Waals surface area contributed by atoms with E-state index in [1.54, 1.807) is 0 Å². The van der Waals surface area contributed by atoms with Crippen LogP contribution in [0.5, 0.6) is 0 Å². The van der Waals surface area contributed by atoms with Gasteiger partial charge in [-0.15, -0.1) is 11.8 Å². The first-order chi connectivity index (χ1) is 11.9. The summed E-state index contributed by atoms with van der Waals surface area (Å²) in [5.74, 6) is 0.511. The number of nitrogens with zero attached hydrogens (tertiary/aromatic N) is 1. The number of thioether (sulfide) groups is 1. The minimum absolute atomic E-state index is 0.269. The van der Waals surface area contributed by atoms with Crippen LogP contribution in [0.15, 0.2) is 52.0 Å². The van der Waals surface area contributed by atoms with Crippen molar-refractivity contribution in [1.29, 1.82) is 0 Å². The van der Waals surface area contributed by atoms with Gasteiger partial charge in [-0.3, -0.25) is 0 Å². The summed E-state index contributed by atoms with van der Waals surface area (Å²) < 4.78 is 38.7. The highest BCUT2D eigenvalue weighted by Crippen LogP contribution is 2.35. The van der Waals surface area contributed by atoms with E-state index in [1.165, 1.54) is 11.0 Å². The highest BCUT2D eigenvalue weighted by atomic mass is 79.9. The number of aromatic nitrogens is 1. The molecule has 134 valence electrons. The number of hydrogen-bond donors (Lipinski definition) is 1. The van der Waals surface area contributed by atoms with Crippen LogP contribution in [0.3, 0.4) is 0 Å². The molecule has 1 aliphatic carbocycles. The third-order valence-corrected chi connectivity index (χ3v) is 6.11.